The van der Waals surface area contributed by atoms with Crippen LogP contribution in [0.25, 0.3) is 27.7 Å². The Morgan fingerprint density at radius 2 is 2.13 bits per heavy atom. The Balaban J connectivity index is 1.42. The zero-order valence-electron chi connectivity index (χ0n) is 22.0. The zero-order valence-corrected chi connectivity index (χ0v) is 21.0. The van der Waals surface area contributed by atoms with E-state index in [0.29, 0.717) is 25.3 Å². The lowest BCUT2D eigenvalue weighted by Crippen LogP contribution is -2.66. The molecule has 2 saturated heterocycles. The highest BCUT2D eigenvalue weighted by Crippen LogP contribution is 2.36. The Bertz CT molecular complexity index is 1660. The number of H-pyrrole nitrogens is 1. The van der Waals surface area contributed by atoms with Crippen LogP contribution >= 0.6 is 0 Å². The molecule has 10 nitrogen and oxygen atoms in total. The van der Waals surface area contributed by atoms with Gasteiger partial charge >= 0.3 is 0 Å². The van der Waals surface area contributed by atoms with Gasteiger partial charge in [-0.15, -0.1) is 5.10 Å². The van der Waals surface area contributed by atoms with Crippen molar-refractivity contribution in [1.82, 2.24) is 34.5 Å². The fourth-order valence-corrected chi connectivity index (χ4v) is 5.11. The van der Waals surface area contributed by atoms with Crippen molar-refractivity contribution in [2.24, 2.45) is 4.99 Å². The van der Waals surface area contributed by atoms with Gasteiger partial charge in [0.15, 0.2) is 5.82 Å². The molecule has 1 atom stereocenters. The van der Waals surface area contributed by atoms with Gasteiger partial charge in [-0.25, -0.2) is 31.6 Å². The fourth-order valence-electron chi connectivity index (χ4n) is 5.11. The van der Waals surface area contributed by atoms with Crippen LogP contribution in [0.2, 0.25) is 0 Å². The molecular weight excluding hydrogens is 527 g/mol. The van der Waals surface area contributed by atoms with Gasteiger partial charge in [-0.3, -0.25) is 14.5 Å². The molecule has 208 valence electrons. The van der Waals surface area contributed by atoms with E-state index in [1.165, 1.54) is 25.3 Å². The number of fused-ring (bicyclic) bond motifs is 2. The maximum absolute atomic E-state index is 15.5. The van der Waals surface area contributed by atoms with E-state index in [1.807, 2.05) is 6.92 Å². The summed E-state index contributed by atoms with van der Waals surface area (Å²) in [5, 5.41) is 10.2. The second-order valence-corrected chi connectivity index (χ2v) is 10.0. The standard InChI is InChI=1S/C24H25F5N8O2/c1-23(11-39-12-23)35-6-5-17(24(28,29)10-35)30-22-31-21(38-2)20-19(14(25)8-37(20)33-22)13-3-4-15-16(7-13)36(34-32-15)9-18(26)27/h3-4,7-8,17-18H,5-6,9-12H2,1-2H3,(H,30,33)/i8D. The molecule has 2 fully saturated rings. The molecule has 2 aliphatic heterocycles. The number of aromatic amines is 1. The van der Waals surface area contributed by atoms with Crippen LogP contribution in [0.15, 0.2) is 29.4 Å². The van der Waals surface area contributed by atoms with E-state index in [2.05, 4.69) is 25.4 Å². The van der Waals surface area contributed by atoms with Crippen molar-refractivity contribution >= 4 is 16.6 Å². The van der Waals surface area contributed by atoms with Gasteiger partial charge in [0.2, 0.25) is 11.5 Å². The molecule has 1 aromatic carbocycles. The number of nitrogens with zero attached hydrogens (tertiary/aromatic N) is 7. The summed E-state index contributed by atoms with van der Waals surface area (Å²) in [5.41, 5.74) is 0.00407. The van der Waals surface area contributed by atoms with E-state index in [-0.39, 0.29) is 40.1 Å². The van der Waals surface area contributed by atoms with E-state index in [4.69, 9.17) is 10.8 Å². The third-order valence-corrected chi connectivity index (χ3v) is 7.25. The summed E-state index contributed by atoms with van der Waals surface area (Å²) in [6.45, 7) is 1.84. The lowest BCUT2D eigenvalue weighted by atomic mass is 9.91. The van der Waals surface area contributed by atoms with Crippen molar-refractivity contribution in [3.05, 3.63) is 35.8 Å². The molecule has 2 aliphatic rings. The molecule has 5 heterocycles. The predicted octanol–water partition coefficient (Wildman–Crippen LogP) is 2.89. The highest BCUT2D eigenvalue weighted by molar-refractivity contribution is 5.89. The first-order valence-corrected chi connectivity index (χ1v) is 12.2. The number of rotatable bonds is 6. The van der Waals surface area contributed by atoms with Crippen molar-refractivity contribution in [2.45, 2.75) is 43.8 Å². The van der Waals surface area contributed by atoms with Gasteiger partial charge in [0.05, 0.1) is 51.0 Å². The molecule has 0 saturated carbocycles. The predicted molar refractivity (Wildman–Crippen MR) is 128 cm³/mol. The summed E-state index contributed by atoms with van der Waals surface area (Å²) in [6, 6.07) is 3.01. The Kier molecular flexibility index (Phi) is 5.80. The highest BCUT2D eigenvalue weighted by Gasteiger charge is 2.51. The van der Waals surface area contributed by atoms with Crippen molar-refractivity contribution < 1.29 is 32.8 Å². The average molecular weight is 554 g/mol. The Morgan fingerprint density at radius 3 is 2.79 bits per heavy atom. The Hall–Kier alpha value is -3.59. The van der Waals surface area contributed by atoms with Crippen LogP contribution in [0, 0.1) is 5.82 Å². The van der Waals surface area contributed by atoms with Gasteiger partial charge in [0.1, 0.15) is 23.6 Å². The highest BCUT2D eigenvalue weighted by atomic mass is 19.3. The molecule has 1 unspecified atom stereocenters. The lowest BCUT2D eigenvalue weighted by Gasteiger charge is -2.51. The number of halogens is 5. The zero-order chi connectivity index (χ0) is 28.4. The number of benzene rings is 1. The minimum absolute atomic E-state index is 0.00988. The number of nitrogens with one attached hydrogen (secondary N) is 1. The summed E-state index contributed by atoms with van der Waals surface area (Å²) >= 11 is 0. The first-order chi connectivity index (χ1) is 19.0. The number of aromatic nitrogens is 6. The summed E-state index contributed by atoms with van der Waals surface area (Å²) in [6.07, 6.45) is -3.25. The van der Waals surface area contributed by atoms with Gasteiger partial charge in [-0.05, 0) is 31.0 Å². The number of piperidine rings is 1. The topological polar surface area (TPSA) is 97.9 Å². The van der Waals surface area contributed by atoms with Crippen LogP contribution in [0.5, 0.6) is 5.88 Å². The number of methoxy groups -OCH3 is 1. The summed E-state index contributed by atoms with van der Waals surface area (Å²) < 4.78 is 92.8. The molecule has 6 rings (SSSR count). The molecule has 39 heavy (non-hydrogen) atoms. The smallest absolute Gasteiger partial charge is 0.282 e. The molecule has 0 amide bonds. The number of hydrogen-bond acceptors (Lipinski definition) is 7. The van der Waals surface area contributed by atoms with Crippen LogP contribution in [0.1, 0.15) is 14.7 Å². The van der Waals surface area contributed by atoms with Crippen molar-refractivity contribution in [1.29, 1.82) is 0 Å². The van der Waals surface area contributed by atoms with Crippen molar-refractivity contribution in [3.8, 4) is 17.0 Å². The molecule has 4 aromatic rings. The lowest BCUT2D eigenvalue weighted by molar-refractivity contribution is -0.176. The number of likely N-dealkylation sites (tertiary alicyclic amines) is 1. The second-order valence-electron chi connectivity index (χ2n) is 10.0. The van der Waals surface area contributed by atoms with Gasteiger partial charge in [0, 0.05) is 6.54 Å². The van der Waals surface area contributed by atoms with Crippen LogP contribution in [-0.2, 0) is 11.3 Å². The molecule has 0 aliphatic carbocycles. The monoisotopic (exact) mass is 553 g/mol. The van der Waals surface area contributed by atoms with Crippen LogP contribution < -0.4 is 10.4 Å². The fraction of sp³-hybridized carbons (Fsp3) is 0.500. The summed E-state index contributed by atoms with van der Waals surface area (Å²) in [5.74, 6) is -4.30. The summed E-state index contributed by atoms with van der Waals surface area (Å²) in [7, 11) is 1.27. The number of hydrogen-bond donors (Lipinski definition) is 1. The molecular formula is C24H25F5N8O2. The molecule has 0 spiro atoms. The molecule has 1 N–H and O–H groups in total. The summed E-state index contributed by atoms with van der Waals surface area (Å²) in [4.78, 5) is 10.1. The van der Waals surface area contributed by atoms with Crippen LogP contribution in [0.4, 0.5) is 22.0 Å². The van der Waals surface area contributed by atoms with E-state index in [0.717, 1.165) is 9.20 Å². The van der Waals surface area contributed by atoms with Gasteiger partial charge in [-0.1, -0.05) is 11.3 Å². The minimum atomic E-state index is -3.17. The van der Waals surface area contributed by atoms with Crippen LogP contribution in [0.3, 0.4) is 0 Å². The normalized spacial score (nSPS) is 22.0. The van der Waals surface area contributed by atoms with Crippen LogP contribution in [-0.4, -0.2) is 91.8 Å². The first kappa shape index (κ1) is 24.5. The first-order valence-electron chi connectivity index (χ1n) is 12.7. The SMILES string of the molecule is [2H]c1c(F)c(-c2ccc3nnn(CC(F)F)c3c2)c2c(OC)nc(=NC3CCN(C4(C)COC4)CC3(F)F)[nH]n12. The quantitative estimate of drug-likeness (QED) is 0.369. The molecule has 0 radical (unpaired) electrons. The van der Waals surface area contributed by atoms with E-state index < -0.39 is 49.0 Å². The van der Waals surface area contributed by atoms with E-state index >= 15 is 13.2 Å². The Labute approximate surface area is 219 Å². The average Bonchev–Trinajstić information content (AvgIpc) is 3.40. The second kappa shape index (κ2) is 9.26. The molecule has 0 bridgehead atoms. The van der Waals surface area contributed by atoms with Gasteiger partial charge in [0.25, 0.3) is 12.3 Å². The van der Waals surface area contributed by atoms with Crippen molar-refractivity contribution in [3.63, 3.8) is 0 Å². The molecule has 15 heteroatoms. The van der Waals surface area contributed by atoms with Crippen molar-refractivity contribution in [2.75, 3.05) is 33.4 Å². The maximum Gasteiger partial charge on any atom is 0.282 e. The number of ether oxygens (including phenoxy) is 2. The molecule has 3 aromatic heterocycles. The third-order valence-electron chi connectivity index (χ3n) is 7.25. The maximum atomic E-state index is 15.5. The van der Waals surface area contributed by atoms with Gasteiger partial charge in [-0.2, -0.15) is 4.98 Å². The van der Waals surface area contributed by atoms with Gasteiger partial charge < -0.3 is 9.47 Å². The third kappa shape index (κ3) is 4.42. The Morgan fingerprint density at radius 1 is 1.33 bits per heavy atom. The largest absolute Gasteiger partial charge is 0.479 e. The van der Waals surface area contributed by atoms with E-state index in [9.17, 15) is 8.78 Å². The number of alkyl halides is 4. The minimum Gasteiger partial charge on any atom is -0.479 e. The van der Waals surface area contributed by atoms with E-state index in [1.54, 1.807) is 4.90 Å².